The van der Waals surface area contributed by atoms with Crippen LogP contribution in [0, 0.1) is 0 Å². The molecule has 8 nitrogen and oxygen atoms in total. The lowest BCUT2D eigenvalue weighted by Gasteiger charge is -2.15. The van der Waals surface area contributed by atoms with E-state index in [0.717, 1.165) is 11.4 Å². The molecule has 1 aliphatic rings. The van der Waals surface area contributed by atoms with Crippen molar-refractivity contribution in [1.82, 2.24) is 18.7 Å². The average Bonchev–Trinajstić information content (AvgIpc) is 3.31. The van der Waals surface area contributed by atoms with Crippen LogP contribution in [0.3, 0.4) is 0 Å². The van der Waals surface area contributed by atoms with Gasteiger partial charge >= 0.3 is 5.69 Å². The highest BCUT2D eigenvalue weighted by atomic mass is 35.5. The van der Waals surface area contributed by atoms with E-state index in [2.05, 4.69) is 4.98 Å². The number of imidazole rings is 1. The number of ether oxygens (including phenoxy) is 2. The molecule has 148 valence electrons. The van der Waals surface area contributed by atoms with E-state index in [1.54, 1.807) is 35.9 Å². The van der Waals surface area contributed by atoms with Crippen molar-refractivity contribution >= 4 is 22.8 Å². The lowest BCUT2D eigenvalue weighted by atomic mass is 10.2. The molecule has 1 fully saturated rings. The zero-order chi connectivity index (χ0) is 19.8. The molecule has 0 unspecified atom stereocenters. The number of hydrogen-bond donors (Lipinski definition) is 0. The Kier molecular flexibility index (Phi) is 5.09. The lowest BCUT2D eigenvalue weighted by Crippen LogP contribution is -2.42. The Morgan fingerprint density at radius 1 is 1.14 bits per heavy atom. The van der Waals surface area contributed by atoms with E-state index < -0.39 is 12.0 Å². The second-order valence-electron chi connectivity index (χ2n) is 6.69. The molecule has 0 atom stereocenters. The summed E-state index contributed by atoms with van der Waals surface area (Å²) in [4.78, 5) is 30.9. The molecule has 3 aromatic rings. The average molecular weight is 405 g/mol. The van der Waals surface area contributed by atoms with Crippen LogP contribution >= 0.6 is 11.6 Å². The van der Waals surface area contributed by atoms with E-state index in [0.29, 0.717) is 35.8 Å². The minimum Gasteiger partial charge on any atom is -0.348 e. The predicted molar refractivity (Wildman–Crippen MR) is 105 cm³/mol. The van der Waals surface area contributed by atoms with Crippen LogP contribution in [0.2, 0.25) is 5.02 Å². The van der Waals surface area contributed by atoms with Gasteiger partial charge in [0.2, 0.25) is 0 Å². The minimum atomic E-state index is -0.533. The SMILES string of the molecule is CCc1nc2c(c(=O)n(Cc3ccc(Cl)cc3)c(=O)n2CC2OCCO2)n1C. The summed E-state index contributed by atoms with van der Waals surface area (Å²) >= 11 is 5.94. The van der Waals surface area contributed by atoms with Crippen LogP contribution in [0.1, 0.15) is 18.3 Å². The molecule has 4 rings (SSSR count). The summed E-state index contributed by atoms with van der Waals surface area (Å²) in [5.41, 5.74) is 0.756. The van der Waals surface area contributed by atoms with Gasteiger partial charge in [0.05, 0.1) is 26.3 Å². The van der Waals surface area contributed by atoms with Crippen LogP contribution in [-0.4, -0.2) is 38.2 Å². The van der Waals surface area contributed by atoms with E-state index >= 15 is 0 Å². The Hall–Kier alpha value is -2.42. The normalized spacial score (nSPS) is 15.0. The number of benzene rings is 1. The molecule has 9 heteroatoms. The third-order valence-electron chi connectivity index (χ3n) is 4.93. The second kappa shape index (κ2) is 7.54. The molecule has 2 aromatic heterocycles. The third kappa shape index (κ3) is 3.28. The Morgan fingerprint density at radius 3 is 2.46 bits per heavy atom. The first-order valence-corrected chi connectivity index (χ1v) is 9.54. The van der Waals surface area contributed by atoms with Crippen molar-refractivity contribution in [3.8, 4) is 0 Å². The van der Waals surface area contributed by atoms with Gasteiger partial charge in [0.15, 0.2) is 17.5 Å². The molecule has 0 radical (unpaired) electrons. The van der Waals surface area contributed by atoms with E-state index in [9.17, 15) is 9.59 Å². The van der Waals surface area contributed by atoms with E-state index in [1.165, 1.54) is 9.13 Å². The molecule has 0 aliphatic carbocycles. The number of rotatable bonds is 5. The standard InChI is InChI=1S/C19H21ClN4O4/c1-3-14-21-17-16(22(14)2)18(25)24(10-12-4-6-13(20)7-5-12)19(26)23(17)11-15-27-8-9-28-15/h4-7,15H,3,8-11H2,1-2H3. The van der Waals surface area contributed by atoms with E-state index in [-0.39, 0.29) is 18.6 Å². The van der Waals surface area contributed by atoms with Crippen molar-refractivity contribution in [1.29, 1.82) is 0 Å². The summed E-state index contributed by atoms with van der Waals surface area (Å²) in [6, 6.07) is 7.07. The highest BCUT2D eigenvalue weighted by molar-refractivity contribution is 6.30. The summed E-state index contributed by atoms with van der Waals surface area (Å²) in [5.74, 6) is 0.734. The predicted octanol–water partition coefficient (Wildman–Crippen LogP) is 1.53. The van der Waals surface area contributed by atoms with Crippen molar-refractivity contribution in [2.45, 2.75) is 32.7 Å². The maximum Gasteiger partial charge on any atom is 0.333 e. The van der Waals surface area contributed by atoms with Gasteiger partial charge in [-0.15, -0.1) is 0 Å². The quantitative estimate of drug-likeness (QED) is 0.644. The molecule has 1 aliphatic heterocycles. The fourth-order valence-corrected chi connectivity index (χ4v) is 3.59. The topological polar surface area (TPSA) is 80.3 Å². The van der Waals surface area contributed by atoms with Gasteiger partial charge in [-0.3, -0.25) is 13.9 Å². The van der Waals surface area contributed by atoms with E-state index in [1.807, 2.05) is 6.92 Å². The van der Waals surface area contributed by atoms with Crippen LogP contribution < -0.4 is 11.2 Å². The van der Waals surface area contributed by atoms with Crippen LogP contribution in [0.25, 0.3) is 11.2 Å². The molecule has 1 aromatic carbocycles. The maximum atomic E-state index is 13.2. The van der Waals surface area contributed by atoms with Crippen LogP contribution in [0.15, 0.2) is 33.9 Å². The Labute approximate surface area is 165 Å². The zero-order valence-corrected chi connectivity index (χ0v) is 16.5. The number of fused-ring (bicyclic) bond motifs is 1. The van der Waals surface area contributed by atoms with Gasteiger partial charge in [0.25, 0.3) is 5.56 Å². The van der Waals surface area contributed by atoms with Crippen molar-refractivity contribution in [2.24, 2.45) is 7.05 Å². The molecule has 0 amide bonds. The molecule has 0 bridgehead atoms. The molecule has 0 spiro atoms. The van der Waals surface area contributed by atoms with Crippen molar-refractivity contribution < 1.29 is 9.47 Å². The second-order valence-corrected chi connectivity index (χ2v) is 7.13. The number of aryl methyl sites for hydroxylation is 2. The smallest absolute Gasteiger partial charge is 0.333 e. The van der Waals surface area contributed by atoms with Gasteiger partial charge in [-0.2, -0.15) is 0 Å². The summed E-state index contributed by atoms with van der Waals surface area (Å²) in [6.07, 6.45) is 0.112. The first-order chi connectivity index (χ1) is 13.5. The fourth-order valence-electron chi connectivity index (χ4n) is 3.46. The van der Waals surface area contributed by atoms with Crippen LogP contribution in [0.5, 0.6) is 0 Å². The largest absolute Gasteiger partial charge is 0.348 e. The molecular formula is C19H21ClN4O4. The number of nitrogens with zero attached hydrogens (tertiary/aromatic N) is 4. The highest BCUT2D eigenvalue weighted by Gasteiger charge is 2.24. The van der Waals surface area contributed by atoms with Gasteiger partial charge < -0.3 is 14.0 Å². The fraction of sp³-hybridized carbons (Fsp3) is 0.421. The first kappa shape index (κ1) is 18.9. The van der Waals surface area contributed by atoms with Gasteiger partial charge in [-0.05, 0) is 17.7 Å². The molecule has 1 saturated heterocycles. The van der Waals surface area contributed by atoms with Gasteiger partial charge in [-0.25, -0.2) is 9.78 Å². The monoisotopic (exact) mass is 404 g/mol. The molecule has 28 heavy (non-hydrogen) atoms. The maximum absolute atomic E-state index is 13.2. The number of hydrogen-bond acceptors (Lipinski definition) is 5. The Balaban J connectivity index is 1.90. The summed E-state index contributed by atoms with van der Waals surface area (Å²) in [7, 11) is 1.79. The van der Waals surface area contributed by atoms with Crippen LogP contribution in [-0.2, 0) is 36.0 Å². The van der Waals surface area contributed by atoms with Gasteiger partial charge in [0, 0.05) is 18.5 Å². The van der Waals surface area contributed by atoms with Crippen LogP contribution in [0.4, 0.5) is 0 Å². The van der Waals surface area contributed by atoms with Crippen molar-refractivity contribution in [2.75, 3.05) is 13.2 Å². The zero-order valence-electron chi connectivity index (χ0n) is 15.7. The summed E-state index contributed by atoms with van der Waals surface area (Å²) in [5, 5.41) is 0.596. The molecule has 0 saturated carbocycles. The summed E-state index contributed by atoms with van der Waals surface area (Å²) < 4.78 is 15.5. The van der Waals surface area contributed by atoms with Crippen molar-refractivity contribution in [3.63, 3.8) is 0 Å². The molecule has 3 heterocycles. The van der Waals surface area contributed by atoms with Crippen molar-refractivity contribution in [3.05, 3.63) is 61.5 Å². The molecule has 0 N–H and O–H groups in total. The summed E-state index contributed by atoms with van der Waals surface area (Å²) in [6.45, 7) is 3.24. The van der Waals surface area contributed by atoms with Gasteiger partial charge in [-0.1, -0.05) is 30.7 Å². The Morgan fingerprint density at radius 2 is 1.82 bits per heavy atom. The number of aromatic nitrogens is 4. The highest BCUT2D eigenvalue weighted by Crippen LogP contribution is 2.14. The third-order valence-corrected chi connectivity index (χ3v) is 5.18. The Bertz CT molecular complexity index is 1120. The number of halogens is 1. The lowest BCUT2D eigenvalue weighted by molar-refractivity contribution is -0.0527. The van der Waals surface area contributed by atoms with Gasteiger partial charge in [0.1, 0.15) is 5.82 Å². The molecular weight excluding hydrogens is 384 g/mol. The van der Waals surface area contributed by atoms with E-state index in [4.69, 9.17) is 21.1 Å². The minimum absolute atomic E-state index is 0.143. The first-order valence-electron chi connectivity index (χ1n) is 9.16.